The smallest absolute Gasteiger partial charge is 0.370 e. The average molecular weight is 634 g/mol. The Labute approximate surface area is 210 Å². The molecule has 0 N–H and O–H groups in total. The van der Waals surface area contributed by atoms with Gasteiger partial charge in [-0.2, -0.15) is 5.10 Å². The Hall–Kier alpha value is -0.540. The quantitative estimate of drug-likeness (QED) is 0.167. The molecule has 0 aliphatic carbocycles. The van der Waals surface area contributed by atoms with Gasteiger partial charge < -0.3 is 13.8 Å². The third kappa shape index (κ3) is 5.40. The van der Waals surface area contributed by atoms with Gasteiger partial charge in [0.15, 0.2) is 0 Å². The van der Waals surface area contributed by atoms with Crippen LogP contribution in [0.1, 0.15) is 44.0 Å². The van der Waals surface area contributed by atoms with E-state index in [9.17, 15) is 4.57 Å². The van der Waals surface area contributed by atoms with Crippen molar-refractivity contribution in [3.05, 3.63) is 51.9 Å². The molecule has 3 aromatic rings. The zero-order valence-corrected chi connectivity index (χ0v) is 23.0. The van der Waals surface area contributed by atoms with Gasteiger partial charge >= 0.3 is 7.60 Å². The molecular formula is C19H21Cl2FIN3O4P2. The molecule has 32 heavy (non-hydrogen) atoms. The largest absolute Gasteiger partial charge is 0.486 e. The minimum atomic E-state index is -4.06. The molecule has 0 saturated carbocycles. The highest BCUT2D eigenvalue weighted by Gasteiger charge is 2.40. The Kier molecular flexibility index (Phi) is 9.17. The van der Waals surface area contributed by atoms with Crippen LogP contribution in [0.4, 0.5) is 4.39 Å². The van der Waals surface area contributed by atoms with Crippen molar-refractivity contribution < 1.29 is 22.7 Å². The van der Waals surface area contributed by atoms with Gasteiger partial charge in [0, 0.05) is 23.3 Å². The molecule has 2 aromatic heterocycles. The van der Waals surface area contributed by atoms with Crippen LogP contribution in [0.25, 0.3) is 10.9 Å². The van der Waals surface area contributed by atoms with Gasteiger partial charge in [-0.05, 0) is 61.0 Å². The molecule has 0 radical (unpaired) electrons. The van der Waals surface area contributed by atoms with Crippen molar-refractivity contribution in [3.8, 4) is 5.75 Å². The van der Waals surface area contributed by atoms with Gasteiger partial charge in [-0.3, -0.25) is 9.55 Å². The van der Waals surface area contributed by atoms with Crippen molar-refractivity contribution in [2.24, 2.45) is 0 Å². The number of rotatable bonds is 10. The van der Waals surface area contributed by atoms with E-state index in [1.165, 1.54) is 12.4 Å². The first-order valence-corrected chi connectivity index (χ1v) is 16.1. The van der Waals surface area contributed by atoms with E-state index in [2.05, 4.69) is 32.1 Å². The van der Waals surface area contributed by atoms with Crippen LogP contribution >= 0.6 is 59.2 Å². The van der Waals surface area contributed by atoms with Crippen molar-refractivity contribution in [1.82, 2.24) is 14.5 Å². The molecule has 7 nitrogen and oxygen atoms in total. The molecule has 0 fully saturated rings. The van der Waals surface area contributed by atoms with E-state index in [-0.39, 0.29) is 25.3 Å². The summed E-state index contributed by atoms with van der Waals surface area (Å²) in [4.78, 5) is 3.95. The van der Waals surface area contributed by atoms with Gasteiger partial charge in [0.1, 0.15) is 17.5 Å². The Morgan fingerprint density at radius 2 is 1.84 bits per heavy atom. The SMILES string of the molecule is CCOP(=O)(OCC)C(F)c1nn(PI)c2ccc(OC(C)c3c(Cl)cncc3Cl)cc12. The molecule has 3 unspecified atom stereocenters. The van der Waals surface area contributed by atoms with E-state index >= 15 is 4.39 Å². The molecule has 0 amide bonds. The number of alkyl halides is 1. The summed E-state index contributed by atoms with van der Waals surface area (Å²) < 4.78 is 46.7. The van der Waals surface area contributed by atoms with Gasteiger partial charge in [-0.1, -0.05) is 23.2 Å². The van der Waals surface area contributed by atoms with Crippen LogP contribution in [-0.4, -0.2) is 27.7 Å². The Balaban J connectivity index is 2.03. The van der Waals surface area contributed by atoms with Crippen molar-refractivity contribution in [2.75, 3.05) is 13.2 Å². The second kappa shape index (κ2) is 11.3. The predicted molar refractivity (Wildman–Crippen MR) is 135 cm³/mol. The van der Waals surface area contributed by atoms with E-state index in [4.69, 9.17) is 37.0 Å². The average Bonchev–Trinajstić information content (AvgIpc) is 3.11. The summed E-state index contributed by atoms with van der Waals surface area (Å²) in [6.07, 6.45) is 2.68. The molecule has 2 heterocycles. The van der Waals surface area contributed by atoms with Crippen LogP contribution < -0.4 is 4.74 Å². The third-order valence-corrected chi connectivity index (χ3v) is 9.00. The lowest BCUT2D eigenvalue weighted by molar-refractivity contribution is 0.189. The van der Waals surface area contributed by atoms with E-state index in [0.29, 0.717) is 32.3 Å². The minimum absolute atomic E-state index is 0.0209. The Morgan fingerprint density at radius 1 is 1.22 bits per heavy atom. The topological polar surface area (TPSA) is 75.5 Å². The number of hydrogen-bond acceptors (Lipinski definition) is 6. The number of nitrogens with zero attached hydrogens (tertiary/aromatic N) is 3. The molecule has 0 aliphatic heterocycles. The lowest BCUT2D eigenvalue weighted by Crippen LogP contribution is -2.05. The first-order valence-electron chi connectivity index (χ1n) is 9.63. The first kappa shape index (κ1) is 26.1. The molecule has 3 atom stereocenters. The van der Waals surface area contributed by atoms with Gasteiger partial charge in [0.25, 0.3) is 0 Å². The summed E-state index contributed by atoms with van der Waals surface area (Å²) in [7, 11) is -4.06. The fourth-order valence-corrected chi connectivity index (χ4v) is 6.94. The molecule has 13 heteroatoms. The molecule has 3 rings (SSSR count). The molecular weight excluding hydrogens is 613 g/mol. The number of fused-ring (bicyclic) bond motifs is 1. The van der Waals surface area contributed by atoms with Crippen molar-refractivity contribution in [1.29, 1.82) is 0 Å². The summed E-state index contributed by atoms with van der Waals surface area (Å²) in [5.74, 6) is -1.60. The Bertz CT molecular complexity index is 1120. The summed E-state index contributed by atoms with van der Waals surface area (Å²) in [6.45, 7) is 5.14. The summed E-state index contributed by atoms with van der Waals surface area (Å²) >= 11 is 14.6. The van der Waals surface area contributed by atoms with E-state index in [1.54, 1.807) is 43.4 Å². The van der Waals surface area contributed by atoms with Crippen LogP contribution in [0.5, 0.6) is 5.75 Å². The number of pyridine rings is 1. The lowest BCUT2D eigenvalue weighted by Gasteiger charge is -2.20. The standard InChI is InChI=1S/C19H21Cl2FIN3O4P2/c1-4-28-32(27,29-5-2)19(22)18-13-8-12(6-7-16(13)26(25-18)31-23)30-11(3)17-14(20)9-24-10-15(17)21/h6-11,19,31H,4-5H2,1-3H3. The highest BCUT2D eigenvalue weighted by molar-refractivity contribution is 14.2. The summed E-state index contributed by atoms with van der Waals surface area (Å²) in [5, 5.41) is 5.57. The fraction of sp³-hybridized carbons (Fsp3) is 0.368. The number of aromatic nitrogens is 3. The maximum absolute atomic E-state index is 15.5. The molecule has 1 aromatic carbocycles. The van der Waals surface area contributed by atoms with E-state index < -0.39 is 19.6 Å². The second-order valence-electron chi connectivity index (χ2n) is 6.55. The summed E-state index contributed by atoms with van der Waals surface area (Å²) in [5.41, 5.74) is 1.25. The van der Waals surface area contributed by atoms with E-state index in [0.717, 1.165) is 0 Å². The van der Waals surface area contributed by atoms with Crippen LogP contribution in [0.3, 0.4) is 0 Å². The second-order valence-corrected chi connectivity index (χ2v) is 11.5. The maximum atomic E-state index is 15.5. The monoisotopic (exact) mass is 633 g/mol. The maximum Gasteiger partial charge on any atom is 0.370 e. The normalized spacial score (nSPS) is 14.3. The minimum Gasteiger partial charge on any atom is -0.486 e. The molecule has 0 spiro atoms. The van der Waals surface area contributed by atoms with Crippen LogP contribution in [0.15, 0.2) is 30.6 Å². The molecule has 174 valence electrons. The van der Waals surface area contributed by atoms with Gasteiger partial charge in [0.2, 0.25) is 5.91 Å². The third-order valence-electron chi connectivity index (χ3n) is 4.49. The zero-order chi connectivity index (χ0) is 23.5. The fourth-order valence-electron chi connectivity index (χ4n) is 3.18. The summed E-state index contributed by atoms with van der Waals surface area (Å²) in [6, 6.07) is 5.17. The molecule has 0 bridgehead atoms. The highest BCUT2D eigenvalue weighted by Crippen LogP contribution is 2.62. The zero-order valence-electron chi connectivity index (χ0n) is 17.4. The Morgan fingerprint density at radius 3 is 2.41 bits per heavy atom. The van der Waals surface area contributed by atoms with Crippen LogP contribution in [0, 0.1) is 0 Å². The van der Waals surface area contributed by atoms with Gasteiger partial charge in [-0.15, -0.1) is 0 Å². The van der Waals surface area contributed by atoms with Gasteiger partial charge in [0.05, 0.1) is 35.1 Å². The van der Waals surface area contributed by atoms with Crippen molar-refractivity contribution >= 4 is 70.1 Å². The number of hydrogen-bond donors (Lipinski definition) is 0. The van der Waals surface area contributed by atoms with Crippen LogP contribution in [0.2, 0.25) is 10.0 Å². The lowest BCUT2D eigenvalue weighted by atomic mass is 10.1. The van der Waals surface area contributed by atoms with E-state index in [1.807, 2.05) is 0 Å². The molecule has 0 saturated heterocycles. The number of benzene rings is 1. The first-order chi connectivity index (χ1) is 15.3. The van der Waals surface area contributed by atoms with Crippen molar-refractivity contribution in [2.45, 2.75) is 32.8 Å². The number of halogens is 4. The van der Waals surface area contributed by atoms with Gasteiger partial charge in [-0.25, -0.2) is 8.84 Å². The van der Waals surface area contributed by atoms with Crippen molar-refractivity contribution in [3.63, 3.8) is 0 Å². The number of ether oxygens (including phenoxy) is 1. The van der Waals surface area contributed by atoms with Crippen LogP contribution in [-0.2, 0) is 13.6 Å². The highest BCUT2D eigenvalue weighted by atomic mass is 127. The molecule has 0 aliphatic rings. The predicted octanol–water partition coefficient (Wildman–Crippen LogP) is 7.90.